The number of hydrazine groups is 2. The Hall–Kier alpha value is -2.40. The third kappa shape index (κ3) is 2.35. The zero-order valence-electron chi connectivity index (χ0n) is 10.8. The van der Waals surface area contributed by atoms with Gasteiger partial charge in [0.1, 0.15) is 11.6 Å². The molecule has 0 spiro atoms. The minimum absolute atomic E-state index is 0.265. The van der Waals surface area contributed by atoms with Crippen molar-refractivity contribution in [3.63, 3.8) is 0 Å². The summed E-state index contributed by atoms with van der Waals surface area (Å²) in [7, 11) is 1.86. The molecule has 0 aliphatic carbocycles. The van der Waals surface area contributed by atoms with Gasteiger partial charge in [-0.25, -0.2) is 8.78 Å². The Bertz CT molecular complexity index is 635. The normalized spacial score (nSPS) is 14.7. The van der Waals surface area contributed by atoms with Gasteiger partial charge in [-0.15, -0.1) is 5.53 Å². The van der Waals surface area contributed by atoms with Crippen LogP contribution in [0, 0.1) is 11.6 Å². The first-order chi connectivity index (χ1) is 9.63. The summed E-state index contributed by atoms with van der Waals surface area (Å²) < 4.78 is 25.9. The van der Waals surface area contributed by atoms with Gasteiger partial charge in [-0.1, -0.05) is 0 Å². The van der Waals surface area contributed by atoms with Crippen LogP contribution >= 0.6 is 0 Å². The highest BCUT2D eigenvalue weighted by molar-refractivity contribution is 5.69. The van der Waals surface area contributed by atoms with E-state index in [1.807, 2.05) is 18.3 Å². The van der Waals surface area contributed by atoms with E-state index in [1.165, 1.54) is 24.3 Å². The lowest BCUT2D eigenvalue weighted by Gasteiger charge is -2.20. The minimum Gasteiger partial charge on any atom is -0.291 e. The Kier molecular flexibility index (Phi) is 3.12. The van der Waals surface area contributed by atoms with Crippen LogP contribution in [0.5, 0.6) is 0 Å². The lowest BCUT2D eigenvalue weighted by atomic mass is 10.1. The first-order valence-electron chi connectivity index (χ1n) is 6.16. The predicted octanol–water partition coefficient (Wildman–Crippen LogP) is 3.13. The van der Waals surface area contributed by atoms with Crippen LogP contribution in [0.3, 0.4) is 0 Å². The van der Waals surface area contributed by atoms with Crippen molar-refractivity contribution in [1.29, 1.82) is 0 Å². The summed E-state index contributed by atoms with van der Waals surface area (Å²) in [5, 5.41) is 3.59. The molecule has 0 aromatic heterocycles. The SMILES string of the molecule is CN1NN(c2ccc(F)cc2)C=C1c1ccc(F)cc1. The molecule has 2 aromatic carbocycles. The van der Waals surface area contributed by atoms with E-state index in [1.54, 1.807) is 29.3 Å². The molecule has 0 fully saturated rings. The van der Waals surface area contributed by atoms with Gasteiger partial charge in [-0.2, -0.15) is 0 Å². The molecule has 1 aliphatic heterocycles. The molecule has 0 radical (unpaired) electrons. The predicted molar refractivity (Wildman–Crippen MR) is 74.2 cm³/mol. The molecule has 0 saturated carbocycles. The van der Waals surface area contributed by atoms with Crippen molar-refractivity contribution in [3.8, 4) is 0 Å². The lowest BCUT2D eigenvalue weighted by Crippen LogP contribution is -2.37. The van der Waals surface area contributed by atoms with E-state index in [4.69, 9.17) is 0 Å². The van der Waals surface area contributed by atoms with Crippen LogP contribution in [0.25, 0.3) is 5.70 Å². The third-order valence-corrected chi connectivity index (χ3v) is 3.12. The number of hydrogen-bond donors (Lipinski definition) is 1. The highest BCUT2D eigenvalue weighted by atomic mass is 19.1. The Balaban J connectivity index is 1.90. The van der Waals surface area contributed by atoms with Crippen molar-refractivity contribution >= 4 is 11.4 Å². The lowest BCUT2D eigenvalue weighted by molar-refractivity contribution is 0.375. The van der Waals surface area contributed by atoms with Crippen molar-refractivity contribution in [2.75, 3.05) is 12.1 Å². The van der Waals surface area contributed by atoms with Gasteiger partial charge in [0.25, 0.3) is 0 Å². The second-order valence-electron chi connectivity index (χ2n) is 4.53. The standard InChI is InChI=1S/C15H13F2N3/c1-19-15(11-2-4-12(16)5-3-11)10-20(18-19)14-8-6-13(17)7-9-14/h2-10,18H,1H3. The van der Waals surface area contributed by atoms with Crippen molar-refractivity contribution in [1.82, 2.24) is 10.5 Å². The quantitative estimate of drug-likeness (QED) is 0.907. The first-order valence-corrected chi connectivity index (χ1v) is 6.16. The van der Waals surface area contributed by atoms with Crippen LogP contribution in [-0.4, -0.2) is 12.1 Å². The summed E-state index contributed by atoms with van der Waals surface area (Å²) >= 11 is 0. The van der Waals surface area contributed by atoms with Gasteiger partial charge in [0, 0.05) is 18.8 Å². The Labute approximate surface area is 115 Å². The first kappa shape index (κ1) is 12.6. The van der Waals surface area contributed by atoms with E-state index >= 15 is 0 Å². The Morgan fingerprint density at radius 3 is 2.00 bits per heavy atom. The van der Waals surface area contributed by atoms with Crippen molar-refractivity contribution in [2.45, 2.75) is 0 Å². The fraction of sp³-hybridized carbons (Fsp3) is 0.0667. The number of halogens is 2. The van der Waals surface area contributed by atoms with E-state index in [-0.39, 0.29) is 11.6 Å². The molecule has 0 amide bonds. The van der Waals surface area contributed by atoms with Gasteiger partial charge >= 0.3 is 0 Å². The molecule has 5 heteroatoms. The van der Waals surface area contributed by atoms with Crippen LogP contribution in [0.1, 0.15) is 5.56 Å². The average Bonchev–Trinajstić information content (AvgIpc) is 2.82. The summed E-state index contributed by atoms with van der Waals surface area (Å²) in [5.74, 6) is -0.539. The number of nitrogens with zero attached hydrogens (tertiary/aromatic N) is 2. The molecule has 102 valence electrons. The summed E-state index contributed by atoms with van der Waals surface area (Å²) in [6.45, 7) is 0. The van der Waals surface area contributed by atoms with E-state index in [9.17, 15) is 8.78 Å². The number of rotatable bonds is 2. The number of benzene rings is 2. The van der Waals surface area contributed by atoms with Gasteiger partial charge in [0.15, 0.2) is 0 Å². The molecule has 3 rings (SSSR count). The van der Waals surface area contributed by atoms with Crippen LogP contribution < -0.4 is 10.5 Å². The second-order valence-corrected chi connectivity index (χ2v) is 4.53. The maximum atomic E-state index is 13.0. The van der Waals surface area contributed by atoms with E-state index in [0.717, 1.165) is 16.9 Å². The highest BCUT2D eigenvalue weighted by Crippen LogP contribution is 2.25. The van der Waals surface area contributed by atoms with E-state index in [2.05, 4.69) is 5.53 Å². The molecule has 0 atom stereocenters. The maximum Gasteiger partial charge on any atom is 0.123 e. The molecule has 20 heavy (non-hydrogen) atoms. The topological polar surface area (TPSA) is 18.5 Å². The number of hydrogen-bond acceptors (Lipinski definition) is 3. The largest absolute Gasteiger partial charge is 0.291 e. The molecule has 1 heterocycles. The van der Waals surface area contributed by atoms with Crippen LogP contribution in [0.4, 0.5) is 14.5 Å². The second kappa shape index (κ2) is 4.94. The average molecular weight is 273 g/mol. The maximum absolute atomic E-state index is 13.0. The zero-order chi connectivity index (χ0) is 14.1. The third-order valence-electron chi connectivity index (χ3n) is 3.12. The van der Waals surface area contributed by atoms with E-state index < -0.39 is 0 Å². The molecule has 1 N–H and O–H groups in total. The Morgan fingerprint density at radius 1 is 0.850 bits per heavy atom. The van der Waals surface area contributed by atoms with Crippen LogP contribution in [-0.2, 0) is 0 Å². The Morgan fingerprint density at radius 2 is 1.40 bits per heavy atom. The van der Waals surface area contributed by atoms with E-state index in [0.29, 0.717) is 0 Å². The van der Waals surface area contributed by atoms with Crippen molar-refractivity contribution in [3.05, 3.63) is 71.9 Å². The number of nitrogens with one attached hydrogen (secondary N) is 1. The van der Waals surface area contributed by atoms with Crippen LogP contribution in [0.15, 0.2) is 54.7 Å². The molecule has 0 saturated heterocycles. The van der Waals surface area contributed by atoms with Gasteiger partial charge in [-0.3, -0.25) is 10.0 Å². The minimum atomic E-state index is -0.274. The molecule has 3 nitrogen and oxygen atoms in total. The zero-order valence-corrected chi connectivity index (χ0v) is 10.8. The molecular weight excluding hydrogens is 260 g/mol. The van der Waals surface area contributed by atoms with Gasteiger partial charge in [0.2, 0.25) is 0 Å². The van der Waals surface area contributed by atoms with Gasteiger partial charge in [0.05, 0.1) is 11.4 Å². The van der Waals surface area contributed by atoms with Gasteiger partial charge < -0.3 is 0 Å². The summed E-state index contributed by atoms with van der Waals surface area (Å²) in [5.41, 5.74) is 5.72. The molecular formula is C15H13F2N3. The summed E-state index contributed by atoms with van der Waals surface area (Å²) in [6, 6.07) is 12.4. The fourth-order valence-electron chi connectivity index (χ4n) is 2.08. The van der Waals surface area contributed by atoms with Crippen LogP contribution in [0.2, 0.25) is 0 Å². The highest BCUT2D eigenvalue weighted by Gasteiger charge is 2.19. The summed E-state index contributed by atoms with van der Waals surface area (Å²) in [6.07, 6.45) is 1.88. The molecule has 0 bridgehead atoms. The molecule has 2 aromatic rings. The molecule has 1 aliphatic rings. The monoisotopic (exact) mass is 273 g/mol. The summed E-state index contributed by atoms with van der Waals surface area (Å²) in [4.78, 5) is 0. The fourth-order valence-corrected chi connectivity index (χ4v) is 2.08. The smallest absolute Gasteiger partial charge is 0.123 e. The van der Waals surface area contributed by atoms with Crippen molar-refractivity contribution in [2.24, 2.45) is 0 Å². The molecule has 0 unspecified atom stereocenters. The van der Waals surface area contributed by atoms with Gasteiger partial charge in [-0.05, 0) is 48.5 Å². The van der Waals surface area contributed by atoms with Crippen molar-refractivity contribution < 1.29 is 8.78 Å². The number of anilines is 1.